The largest absolute Gasteiger partial charge is 0.463 e. The lowest BCUT2D eigenvalue weighted by molar-refractivity contribution is -0.139. The van der Waals surface area contributed by atoms with Crippen LogP contribution in [-0.4, -0.2) is 50.3 Å². The van der Waals surface area contributed by atoms with Gasteiger partial charge in [0, 0.05) is 23.8 Å². The Hall–Kier alpha value is -3.16. The van der Waals surface area contributed by atoms with Crippen LogP contribution in [0.2, 0.25) is 0 Å². The zero-order chi connectivity index (χ0) is 25.8. The van der Waals surface area contributed by atoms with E-state index in [4.69, 9.17) is 4.74 Å². The SMILES string of the molecule is C=C(CC)C(=O)OCCCC.C=CC(=O)OCC.C=CC(=O)OCC.C=CC(=O)OCC. The van der Waals surface area contributed by atoms with Crippen LogP contribution in [0.25, 0.3) is 0 Å². The summed E-state index contributed by atoms with van der Waals surface area (Å²) in [6, 6.07) is 0. The first-order chi connectivity index (χ1) is 15.1. The molecule has 0 atom stereocenters. The molecule has 0 aromatic carbocycles. The Kier molecular flexibility index (Phi) is 34.0. The van der Waals surface area contributed by atoms with Crippen molar-refractivity contribution in [2.75, 3.05) is 26.4 Å². The molecule has 0 aliphatic rings. The van der Waals surface area contributed by atoms with Crippen LogP contribution in [0.1, 0.15) is 53.9 Å². The van der Waals surface area contributed by atoms with E-state index in [1.165, 1.54) is 0 Å². The van der Waals surface area contributed by atoms with Gasteiger partial charge in [-0.2, -0.15) is 0 Å². The lowest BCUT2D eigenvalue weighted by atomic mass is 10.2. The van der Waals surface area contributed by atoms with Gasteiger partial charge in [0.2, 0.25) is 0 Å². The summed E-state index contributed by atoms with van der Waals surface area (Å²) in [6.07, 6.45) is 6.08. The molecule has 0 aliphatic carbocycles. The molecule has 0 N–H and O–H groups in total. The second kappa shape index (κ2) is 30.0. The zero-order valence-electron chi connectivity index (χ0n) is 20.3. The molecule has 0 aromatic rings. The molecule has 8 nitrogen and oxygen atoms in total. The maximum absolute atomic E-state index is 10.9. The smallest absolute Gasteiger partial charge is 0.333 e. The fourth-order valence-corrected chi connectivity index (χ4v) is 1.16. The first-order valence-corrected chi connectivity index (χ1v) is 10.4. The Bertz CT molecular complexity index is 512. The van der Waals surface area contributed by atoms with E-state index in [2.05, 4.69) is 47.5 Å². The number of ether oxygens (including phenoxy) is 4. The molecule has 0 spiro atoms. The van der Waals surface area contributed by atoms with Crippen molar-refractivity contribution in [2.45, 2.75) is 53.9 Å². The highest BCUT2D eigenvalue weighted by Gasteiger charge is 2.04. The molecule has 0 amide bonds. The summed E-state index contributed by atoms with van der Waals surface area (Å²) >= 11 is 0. The third-order valence-electron chi connectivity index (χ3n) is 2.81. The van der Waals surface area contributed by atoms with Crippen LogP contribution >= 0.6 is 0 Å². The second-order valence-corrected chi connectivity index (χ2v) is 5.32. The molecule has 0 heterocycles. The average Bonchev–Trinajstić information content (AvgIpc) is 2.80. The van der Waals surface area contributed by atoms with E-state index in [-0.39, 0.29) is 23.9 Å². The van der Waals surface area contributed by atoms with Crippen LogP contribution in [0, 0.1) is 0 Å². The van der Waals surface area contributed by atoms with Crippen molar-refractivity contribution in [1.29, 1.82) is 0 Å². The third kappa shape index (κ3) is 34.4. The van der Waals surface area contributed by atoms with Gasteiger partial charge in [-0.25, -0.2) is 19.2 Å². The molecule has 0 aliphatic heterocycles. The molecular weight excluding hydrogens is 416 g/mol. The molecule has 0 saturated heterocycles. The van der Waals surface area contributed by atoms with Gasteiger partial charge in [-0.3, -0.25) is 0 Å². The van der Waals surface area contributed by atoms with E-state index < -0.39 is 0 Å². The monoisotopic (exact) mass is 456 g/mol. The molecule has 0 radical (unpaired) electrons. The summed E-state index contributed by atoms with van der Waals surface area (Å²) in [7, 11) is 0. The van der Waals surface area contributed by atoms with Crippen LogP contribution in [0.3, 0.4) is 0 Å². The molecule has 0 rings (SSSR count). The van der Waals surface area contributed by atoms with Gasteiger partial charge in [0.05, 0.1) is 26.4 Å². The molecule has 0 bridgehead atoms. The van der Waals surface area contributed by atoms with Crippen LogP contribution in [-0.2, 0) is 38.1 Å². The predicted octanol–water partition coefficient (Wildman–Crippen LogP) is 4.50. The minimum Gasteiger partial charge on any atom is -0.463 e. The Morgan fingerprint density at radius 3 is 1.19 bits per heavy atom. The first-order valence-electron chi connectivity index (χ1n) is 10.4. The van der Waals surface area contributed by atoms with Gasteiger partial charge in [0.1, 0.15) is 0 Å². The van der Waals surface area contributed by atoms with Gasteiger partial charge < -0.3 is 18.9 Å². The maximum Gasteiger partial charge on any atom is 0.333 e. The van der Waals surface area contributed by atoms with Crippen molar-refractivity contribution >= 4 is 23.9 Å². The van der Waals surface area contributed by atoms with Gasteiger partial charge in [0.25, 0.3) is 0 Å². The minimum absolute atomic E-state index is 0.249. The number of esters is 4. The van der Waals surface area contributed by atoms with Crippen molar-refractivity contribution < 1.29 is 38.1 Å². The van der Waals surface area contributed by atoms with Crippen LogP contribution in [0.15, 0.2) is 50.1 Å². The van der Waals surface area contributed by atoms with E-state index >= 15 is 0 Å². The molecule has 8 heteroatoms. The number of carbonyl (C=O) groups excluding carboxylic acids is 4. The number of hydrogen-bond acceptors (Lipinski definition) is 8. The maximum atomic E-state index is 10.9. The Balaban J connectivity index is -0.000000167. The van der Waals surface area contributed by atoms with Crippen molar-refractivity contribution in [1.82, 2.24) is 0 Å². The standard InChI is InChI=1S/C9H16O2.3C5H8O2/c1-4-6-7-11-9(10)8(3)5-2;3*1-3-5(6)7-4-2/h3-7H2,1-2H3;3*3H,1,4H2,2H3. The molecule has 0 saturated carbocycles. The van der Waals surface area contributed by atoms with Gasteiger partial charge in [-0.15, -0.1) is 0 Å². The molecule has 32 heavy (non-hydrogen) atoms. The zero-order valence-corrected chi connectivity index (χ0v) is 20.3. The quantitative estimate of drug-likeness (QED) is 0.194. The van der Waals surface area contributed by atoms with Gasteiger partial charge >= 0.3 is 23.9 Å². The molecule has 184 valence electrons. The Morgan fingerprint density at radius 1 is 0.656 bits per heavy atom. The highest BCUT2D eigenvalue weighted by molar-refractivity contribution is 5.87. The van der Waals surface area contributed by atoms with Gasteiger partial charge in [0.15, 0.2) is 0 Å². The lowest BCUT2D eigenvalue weighted by Crippen LogP contribution is -2.07. The predicted molar refractivity (Wildman–Crippen MR) is 126 cm³/mol. The van der Waals surface area contributed by atoms with Crippen molar-refractivity contribution in [2.24, 2.45) is 0 Å². The summed E-state index contributed by atoms with van der Waals surface area (Å²) in [5.74, 6) is -1.33. The first kappa shape index (κ1) is 36.2. The molecule has 0 aromatic heterocycles. The Morgan fingerprint density at radius 2 is 1.00 bits per heavy atom. The topological polar surface area (TPSA) is 105 Å². The van der Waals surface area contributed by atoms with Crippen molar-refractivity contribution in [3.8, 4) is 0 Å². The van der Waals surface area contributed by atoms with Crippen molar-refractivity contribution in [3.05, 3.63) is 50.1 Å². The number of rotatable bonds is 11. The highest BCUT2D eigenvalue weighted by atomic mass is 16.5. The van der Waals surface area contributed by atoms with Crippen LogP contribution < -0.4 is 0 Å². The third-order valence-corrected chi connectivity index (χ3v) is 2.81. The fourth-order valence-electron chi connectivity index (χ4n) is 1.16. The summed E-state index contributed by atoms with van der Waals surface area (Å²) < 4.78 is 18.2. The second-order valence-electron chi connectivity index (χ2n) is 5.32. The number of unbranched alkanes of at least 4 members (excludes halogenated alkanes) is 1. The number of hydrogen-bond donors (Lipinski definition) is 0. The molecule has 0 fully saturated rings. The highest BCUT2D eigenvalue weighted by Crippen LogP contribution is 2.00. The van der Waals surface area contributed by atoms with E-state index in [0.717, 1.165) is 31.1 Å². The lowest BCUT2D eigenvalue weighted by Gasteiger charge is -2.03. The van der Waals surface area contributed by atoms with Crippen LogP contribution in [0.4, 0.5) is 0 Å². The summed E-state index contributed by atoms with van der Waals surface area (Å²) in [5, 5.41) is 0. The van der Waals surface area contributed by atoms with Gasteiger partial charge in [-0.1, -0.05) is 46.6 Å². The average molecular weight is 457 g/mol. The summed E-state index contributed by atoms with van der Waals surface area (Å²) in [4.78, 5) is 41.1. The van der Waals surface area contributed by atoms with E-state index in [9.17, 15) is 19.2 Å². The number of carbonyl (C=O) groups is 4. The normalized spacial score (nSPS) is 8.16. The van der Waals surface area contributed by atoms with Crippen LogP contribution in [0.5, 0.6) is 0 Å². The van der Waals surface area contributed by atoms with E-state index in [0.29, 0.717) is 38.4 Å². The van der Waals surface area contributed by atoms with Gasteiger partial charge in [-0.05, 0) is 33.6 Å². The molecular formula is C24H40O8. The fraction of sp³-hybridized carbons (Fsp3) is 0.500. The summed E-state index contributed by atoms with van der Waals surface area (Å²) in [6.45, 7) is 24.2. The summed E-state index contributed by atoms with van der Waals surface area (Å²) in [5.41, 5.74) is 0.557. The molecule has 0 unspecified atom stereocenters. The van der Waals surface area contributed by atoms with Crippen molar-refractivity contribution in [3.63, 3.8) is 0 Å². The van der Waals surface area contributed by atoms with E-state index in [1.807, 2.05) is 6.92 Å². The Labute approximate surface area is 192 Å². The minimum atomic E-state index is -0.359. The van der Waals surface area contributed by atoms with E-state index in [1.54, 1.807) is 20.8 Å².